The molecule has 0 bridgehead atoms. The number of hydrogen-bond donors (Lipinski definition) is 1. The van der Waals surface area contributed by atoms with E-state index < -0.39 is 0 Å². The summed E-state index contributed by atoms with van der Waals surface area (Å²) in [5.41, 5.74) is 0. The molecule has 1 aliphatic heterocycles. The molecule has 2 aliphatic rings. The summed E-state index contributed by atoms with van der Waals surface area (Å²) < 4.78 is 0. The standard InChI is InChI=1S/C13H26N2/c1-10-11(2)15(9-8-13(10)14-3)12-6-4-5-7-12/h10-14H,4-9H2,1-3H3. The van der Waals surface area contributed by atoms with E-state index in [9.17, 15) is 0 Å². The van der Waals surface area contributed by atoms with Gasteiger partial charge in [-0.15, -0.1) is 0 Å². The molecule has 0 aromatic heterocycles. The molecular formula is C13H26N2. The second kappa shape index (κ2) is 4.84. The maximum absolute atomic E-state index is 3.47. The van der Waals surface area contributed by atoms with Crippen molar-refractivity contribution in [1.82, 2.24) is 10.2 Å². The number of hydrogen-bond acceptors (Lipinski definition) is 2. The lowest BCUT2D eigenvalue weighted by atomic mass is 9.86. The zero-order valence-electron chi connectivity index (χ0n) is 10.5. The van der Waals surface area contributed by atoms with Crippen LogP contribution in [0.1, 0.15) is 46.0 Å². The van der Waals surface area contributed by atoms with Gasteiger partial charge in [0.1, 0.15) is 0 Å². The molecular weight excluding hydrogens is 184 g/mol. The Kier molecular flexibility index (Phi) is 3.68. The Morgan fingerprint density at radius 2 is 1.73 bits per heavy atom. The zero-order valence-corrected chi connectivity index (χ0v) is 10.5. The van der Waals surface area contributed by atoms with Crippen molar-refractivity contribution >= 4 is 0 Å². The number of likely N-dealkylation sites (tertiary alicyclic amines) is 1. The molecule has 15 heavy (non-hydrogen) atoms. The smallest absolute Gasteiger partial charge is 0.0117 e. The Bertz CT molecular complexity index is 199. The van der Waals surface area contributed by atoms with E-state index in [1.807, 2.05) is 0 Å². The number of nitrogens with one attached hydrogen (secondary N) is 1. The second-order valence-electron chi connectivity index (χ2n) is 5.46. The van der Waals surface area contributed by atoms with Crippen LogP contribution in [0.5, 0.6) is 0 Å². The van der Waals surface area contributed by atoms with Crippen LogP contribution >= 0.6 is 0 Å². The maximum Gasteiger partial charge on any atom is 0.0117 e. The van der Waals surface area contributed by atoms with Gasteiger partial charge in [-0.25, -0.2) is 0 Å². The first-order chi connectivity index (χ1) is 7.24. The van der Waals surface area contributed by atoms with Gasteiger partial charge in [-0.1, -0.05) is 19.8 Å². The van der Waals surface area contributed by atoms with E-state index in [-0.39, 0.29) is 0 Å². The van der Waals surface area contributed by atoms with Crippen molar-refractivity contribution in [2.45, 2.75) is 64.1 Å². The fourth-order valence-electron chi connectivity index (χ4n) is 3.55. The van der Waals surface area contributed by atoms with Gasteiger partial charge in [0.25, 0.3) is 0 Å². The van der Waals surface area contributed by atoms with Crippen molar-refractivity contribution in [1.29, 1.82) is 0 Å². The summed E-state index contributed by atoms with van der Waals surface area (Å²) >= 11 is 0. The Morgan fingerprint density at radius 1 is 1.07 bits per heavy atom. The van der Waals surface area contributed by atoms with Crippen molar-refractivity contribution in [2.24, 2.45) is 5.92 Å². The summed E-state index contributed by atoms with van der Waals surface area (Å²) in [6.45, 7) is 6.14. The molecule has 0 radical (unpaired) electrons. The van der Waals surface area contributed by atoms with Gasteiger partial charge in [-0.05, 0) is 39.2 Å². The highest BCUT2D eigenvalue weighted by Crippen LogP contribution is 2.31. The van der Waals surface area contributed by atoms with E-state index in [0.29, 0.717) is 0 Å². The van der Waals surface area contributed by atoms with Crippen molar-refractivity contribution in [3.63, 3.8) is 0 Å². The number of piperidine rings is 1. The molecule has 2 nitrogen and oxygen atoms in total. The molecule has 0 aromatic carbocycles. The van der Waals surface area contributed by atoms with Crippen LogP contribution in [0.4, 0.5) is 0 Å². The minimum Gasteiger partial charge on any atom is -0.317 e. The molecule has 0 spiro atoms. The van der Waals surface area contributed by atoms with Gasteiger partial charge in [0.15, 0.2) is 0 Å². The third-order valence-corrected chi connectivity index (χ3v) is 4.78. The van der Waals surface area contributed by atoms with E-state index >= 15 is 0 Å². The van der Waals surface area contributed by atoms with Crippen LogP contribution in [0.2, 0.25) is 0 Å². The molecule has 2 rings (SSSR count). The van der Waals surface area contributed by atoms with Crippen molar-refractivity contribution in [3.05, 3.63) is 0 Å². The van der Waals surface area contributed by atoms with Crippen LogP contribution in [-0.4, -0.2) is 36.6 Å². The number of nitrogens with zero attached hydrogens (tertiary/aromatic N) is 1. The van der Waals surface area contributed by atoms with Crippen molar-refractivity contribution < 1.29 is 0 Å². The number of rotatable bonds is 2. The summed E-state index contributed by atoms with van der Waals surface area (Å²) in [6.07, 6.45) is 7.14. The van der Waals surface area contributed by atoms with Crippen molar-refractivity contribution in [3.8, 4) is 0 Å². The molecule has 1 saturated heterocycles. The summed E-state index contributed by atoms with van der Waals surface area (Å²) in [6, 6.07) is 2.40. The van der Waals surface area contributed by atoms with E-state index in [1.165, 1.54) is 38.6 Å². The normalized spacial score (nSPS) is 39.8. The Morgan fingerprint density at radius 3 is 2.33 bits per heavy atom. The fourth-order valence-corrected chi connectivity index (χ4v) is 3.55. The lowest BCUT2D eigenvalue weighted by Crippen LogP contribution is -2.55. The minimum atomic E-state index is 0.734. The average molecular weight is 210 g/mol. The van der Waals surface area contributed by atoms with Gasteiger partial charge in [-0.2, -0.15) is 0 Å². The Labute approximate surface area is 94.4 Å². The molecule has 1 aliphatic carbocycles. The molecule has 2 fully saturated rings. The molecule has 0 amide bonds. The quantitative estimate of drug-likeness (QED) is 0.752. The van der Waals surface area contributed by atoms with E-state index in [2.05, 4.69) is 31.1 Å². The summed E-state index contributed by atoms with van der Waals surface area (Å²) in [5, 5.41) is 3.47. The van der Waals surface area contributed by atoms with Gasteiger partial charge in [0.2, 0.25) is 0 Å². The molecule has 3 atom stereocenters. The van der Waals surface area contributed by atoms with Gasteiger partial charge in [0.05, 0.1) is 0 Å². The van der Waals surface area contributed by atoms with Crippen LogP contribution < -0.4 is 5.32 Å². The molecule has 2 heteroatoms. The lowest BCUT2D eigenvalue weighted by molar-refractivity contribution is 0.0508. The molecule has 1 saturated carbocycles. The fraction of sp³-hybridized carbons (Fsp3) is 1.00. The van der Waals surface area contributed by atoms with E-state index in [1.54, 1.807) is 0 Å². The predicted octanol–water partition coefficient (Wildman–Crippen LogP) is 2.25. The third kappa shape index (κ3) is 2.21. The zero-order chi connectivity index (χ0) is 10.8. The predicted molar refractivity (Wildman–Crippen MR) is 65.1 cm³/mol. The van der Waals surface area contributed by atoms with Gasteiger partial charge < -0.3 is 5.32 Å². The first kappa shape index (κ1) is 11.4. The van der Waals surface area contributed by atoms with Crippen LogP contribution in [0.15, 0.2) is 0 Å². The summed E-state index contributed by atoms with van der Waals surface area (Å²) in [7, 11) is 2.11. The van der Waals surface area contributed by atoms with Crippen molar-refractivity contribution in [2.75, 3.05) is 13.6 Å². The minimum absolute atomic E-state index is 0.734. The van der Waals surface area contributed by atoms with Crippen LogP contribution in [0, 0.1) is 5.92 Å². The topological polar surface area (TPSA) is 15.3 Å². The third-order valence-electron chi connectivity index (χ3n) is 4.78. The highest BCUT2D eigenvalue weighted by Gasteiger charge is 2.35. The summed E-state index contributed by atoms with van der Waals surface area (Å²) in [5.74, 6) is 0.796. The first-order valence-electron chi connectivity index (χ1n) is 6.67. The van der Waals surface area contributed by atoms with Gasteiger partial charge in [-0.3, -0.25) is 4.90 Å². The maximum atomic E-state index is 3.47. The molecule has 88 valence electrons. The highest BCUT2D eigenvalue weighted by molar-refractivity contribution is 4.92. The molecule has 1 N–H and O–H groups in total. The first-order valence-corrected chi connectivity index (χ1v) is 6.67. The van der Waals surface area contributed by atoms with Crippen LogP contribution in [0.25, 0.3) is 0 Å². The van der Waals surface area contributed by atoms with Gasteiger partial charge in [0, 0.05) is 24.7 Å². The SMILES string of the molecule is CNC1CCN(C2CCCC2)C(C)C1C. The largest absolute Gasteiger partial charge is 0.317 e. The van der Waals surface area contributed by atoms with Gasteiger partial charge >= 0.3 is 0 Å². The van der Waals surface area contributed by atoms with Crippen LogP contribution in [0.3, 0.4) is 0 Å². The Balaban J connectivity index is 1.97. The molecule has 1 heterocycles. The summed E-state index contributed by atoms with van der Waals surface area (Å²) in [4.78, 5) is 2.78. The second-order valence-corrected chi connectivity index (χ2v) is 5.46. The molecule has 0 aromatic rings. The van der Waals surface area contributed by atoms with Crippen LogP contribution in [-0.2, 0) is 0 Å². The van der Waals surface area contributed by atoms with E-state index in [0.717, 1.165) is 24.0 Å². The Hall–Kier alpha value is -0.0800. The molecule has 3 unspecified atom stereocenters. The monoisotopic (exact) mass is 210 g/mol. The lowest BCUT2D eigenvalue weighted by Gasteiger charge is -2.45. The van der Waals surface area contributed by atoms with E-state index in [4.69, 9.17) is 0 Å². The highest BCUT2D eigenvalue weighted by atomic mass is 15.2. The average Bonchev–Trinajstić information content (AvgIpc) is 2.75.